The van der Waals surface area contributed by atoms with Gasteiger partial charge in [-0.2, -0.15) is 0 Å². The second-order valence-corrected chi connectivity index (χ2v) is 4.60. The lowest BCUT2D eigenvalue weighted by molar-refractivity contribution is -0.144. The molecule has 0 bridgehead atoms. The average Bonchev–Trinajstić information content (AvgIpc) is 2.60. The number of hydrogen-bond acceptors (Lipinski definition) is 7. The Morgan fingerprint density at radius 3 is 2.48 bits per heavy atom. The fourth-order valence-electron chi connectivity index (χ4n) is 1.76. The number of rotatable bonds is 7. The van der Waals surface area contributed by atoms with Gasteiger partial charge < -0.3 is 14.8 Å². The Morgan fingerprint density at radius 1 is 1.13 bits per heavy atom. The molecule has 2 rings (SSSR count). The number of ether oxygens (including phenoxy) is 2. The molecule has 0 atom stereocenters. The molecule has 0 radical (unpaired) electrons. The van der Waals surface area contributed by atoms with Crippen molar-refractivity contribution in [1.82, 2.24) is 9.97 Å². The van der Waals surface area contributed by atoms with Gasteiger partial charge in [0.15, 0.2) is 0 Å². The third-order valence-electron chi connectivity index (χ3n) is 2.95. The van der Waals surface area contributed by atoms with E-state index in [1.807, 2.05) is 0 Å². The summed E-state index contributed by atoms with van der Waals surface area (Å²) in [6, 6.07) is 8.41. The molecule has 0 unspecified atom stereocenters. The number of aromatic nitrogens is 2. The molecule has 0 aliphatic carbocycles. The van der Waals surface area contributed by atoms with E-state index in [9.17, 15) is 9.59 Å². The molecule has 0 aliphatic heterocycles. The molecule has 0 spiro atoms. The summed E-state index contributed by atoms with van der Waals surface area (Å²) in [5.41, 5.74) is 1.25. The Morgan fingerprint density at radius 2 is 1.83 bits per heavy atom. The minimum Gasteiger partial charge on any atom is -0.465 e. The summed E-state index contributed by atoms with van der Waals surface area (Å²) in [5.74, 6) is -0.257. The Bertz CT molecular complexity index is 644. The van der Waals surface area contributed by atoms with Crippen LogP contribution in [0, 0.1) is 0 Å². The van der Waals surface area contributed by atoms with Gasteiger partial charge in [0.2, 0.25) is 5.95 Å². The van der Waals surface area contributed by atoms with Crippen molar-refractivity contribution in [3.63, 3.8) is 0 Å². The molecule has 2 aromatic rings. The van der Waals surface area contributed by atoms with Gasteiger partial charge in [0.25, 0.3) is 0 Å². The standard InChI is InChI=1S/C16H17N3O4/c1-22-15(21)13-5-3-12(4-6-13)11-23-14(20)7-10-19-16-17-8-2-9-18-16/h2-6,8-9H,7,10-11H2,1H3,(H,17,18,19). The van der Waals surface area contributed by atoms with Crippen LogP contribution in [0.4, 0.5) is 5.95 Å². The highest BCUT2D eigenvalue weighted by atomic mass is 16.5. The Labute approximate surface area is 133 Å². The highest BCUT2D eigenvalue weighted by molar-refractivity contribution is 5.89. The fraction of sp³-hybridized carbons (Fsp3) is 0.250. The lowest BCUT2D eigenvalue weighted by atomic mass is 10.1. The summed E-state index contributed by atoms with van der Waals surface area (Å²) in [6.45, 7) is 0.548. The van der Waals surface area contributed by atoms with E-state index in [1.54, 1.807) is 42.7 Å². The molecule has 0 saturated heterocycles. The van der Waals surface area contributed by atoms with Crippen LogP contribution >= 0.6 is 0 Å². The zero-order chi connectivity index (χ0) is 16.5. The number of nitrogens with zero attached hydrogens (tertiary/aromatic N) is 2. The maximum atomic E-state index is 11.7. The van der Waals surface area contributed by atoms with Crippen LogP contribution in [0.2, 0.25) is 0 Å². The summed E-state index contributed by atoms with van der Waals surface area (Å²) in [6.07, 6.45) is 3.44. The lowest BCUT2D eigenvalue weighted by Gasteiger charge is -2.06. The summed E-state index contributed by atoms with van der Waals surface area (Å²) >= 11 is 0. The van der Waals surface area contributed by atoms with Crippen LogP contribution in [-0.2, 0) is 20.9 Å². The first-order valence-corrected chi connectivity index (χ1v) is 7.03. The van der Waals surface area contributed by atoms with E-state index in [2.05, 4.69) is 20.0 Å². The summed E-state index contributed by atoms with van der Waals surface area (Å²) in [4.78, 5) is 30.9. The van der Waals surface area contributed by atoms with Crippen LogP contribution in [0.3, 0.4) is 0 Å². The monoisotopic (exact) mass is 315 g/mol. The molecule has 1 N–H and O–H groups in total. The Kier molecular flexibility index (Phi) is 6.05. The number of benzene rings is 1. The van der Waals surface area contributed by atoms with Crippen LogP contribution in [-0.4, -0.2) is 35.6 Å². The molecule has 7 nitrogen and oxygen atoms in total. The quantitative estimate of drug-likeness (QED) is 0.779. The van der Waals surface area contributed by atoms with E-state index in [4.69, 9.17) is 4.74 Å². The predicted octanol–water partition coefficient (Wildman–Crippen LogP) is 1.81. The topological polar surface area (TPSA) is 90.4 Å². The molecule has 0 amide bonds. The smallest absolute Gasteiger partial charge is 0.337 e. The van der Waals surface area contributed by atoms with E-state index in [-0.39, 0.29) is 19.0 Å². The third-order valence-corrected chi connectivity index (χ3v) is 2.95. The molecular formula is C16H17N3O4. The van der Waals surface area contributed by atoms with E-state index >= 15 is 0 Å². The van der Waals surface area contributed by atoms with Crippen molar-refractivity contribution in [1.29, 1.82) is 0 Å². The van der Waals surface area contributed by atoms with Gasteiger partial charge in [-0.05, 0) is 23.8 Å². The molecular weight excluding hydrogens is 298 g/mol. The van der Waals surface area contributed by atoms with Gasteiger partial charge in [0.05, 0.1) is 19.1 Å². The predicted molar refractivity (Wildman–Crippen MR) is 82.7 cm³/mol. The van der Waals surface area contributed by atoms with Gasteiger partial charge in [0, 0.05) is 18.9 Å². The first kappa shape index (κ1) is 16.4. The van der Waals surface area contributed by atoms with Crippen molar-refractivity contribution in [3.8, 4) is 0 Å². The van der Waals surface area contributed by atoms with Gasteiger partial charge in [0.1, 0.15) is 6.61 Å². The Hall–Kier alpha value is -2.96. The van der Waals surface area contributed by atoms with Crippen molar-refractivity contribution in [3.05, 3.63) is 53.9 Å². The minimum atomic E-state index is -0.400. The molecule has 1 aromatic carbocycles. The molecule has 7 heteroatoms. The highest BCUT2D eigenvalue weighted by Gasteiger charge is 2.06. The SMILES string of the molecule is COC(=O)c1ccc(COC(=O)CCNc2ncccn2)cc1. The number of carbonyl (C=O) groups is 2. The number of carbonyl (C=O) groups excluding carboxylic acids is 2. The second kappa shape index (κ2) is 8.47. The van der Waals surface area contributed by atoms with Crippen LogP contribution in [0.15, 0.2) is 42.7 Å². The number of esters is 2. The van der Waals surface area contributed by atoms with Crippen LogP contribution in [0.25, 0.3) is 0 Å². The summed E-state index contributed by atoms with van der Waals surface area (Å²) < 4.78 is 9.77. The van der Waals surface area contributed by atoms with Crippen molar-refractivity contribution in [2.45, 2.75) is 13.0 Å². The molecule has 0 fully saturated rings. The molecule has 23 heavy (non-hydrogen) atoms. The fourth-order valence-corrected chi connectivity index (χ4v) is 1.76. The molecule has 0 saturated carbocycles. The van der Waals surface area contributed by atoms with Gasteiger partial charge in [-0.3, -0.25) is 4.79 Å². The summed E-state index contributed by atoms with van der Waals surface area (Å²) in [7, 11) is 1.33. The maximum Gasteiger partial charge on any atom is 0.337 e. The lowest BCUT2D eigenvalue weighted by Crippen LogP contribution is -2.12. The number of anilines is 1. The van der Waals surface area contributed by atoms with E-state index in [1.165, 1.54) is 7.11 Å². The minimum absolute atomic E-state index is 0.155. The maximum absolute atomic E-state index is 11.7. The first-order chi connectivity index (χ1) is 11.2. The van der Waals surface area contributed by atoms with Gasteiger partial charge in [-0.15, -0.1) is 0 Å². The van der Waals surface area contributed by atoms with Gasteiger partial charge >= 0.3 is 11.9 Å². The van der Waals surface area contributed by atoms with Crippen molar-refractivity contribution >= 4 is 17.9 Å². The zero-order valence-electron chi connectivity index (χ0n) is 12.7. The van der Waals surface area contributed by atoms with Gasteiger partial charge in [-0.25, -0.2) is 14.8 Å². The molecule has 0 aliphatic rings. The van der Waals surface area contributed by atoms with Crippen LogP contribution in [0.1, 0.15) is 22.3 Å². The van der Waals surface area contributed by atoms with Gasteiger partial charge in [-0.1, -0.05) is 12.1 Å². The molecule has 1 aromatic heterocycles. The van der Waals surface area contributed by atoms with Crippen LogP contribution < -0.4 is 5.32 Å². The second-order valence-electron chi connectivity index (χ2n) is 4.60. The molecule has 1 heterocycles. The zero-order valence-corrected chi connectivity index (χ0v) is 12.7. The summed E-state index contributed by atoms with van der Waals surface area (Å²) in [5, 5.41) is 2.93. The van der Waals surface area contributed by atoms with Crippen molar-refractivity contribution < 1.29 is 19.1 Å². The van der Waals surface area contributed by atoms with E-state index < -0.39 is 5.97 Å². The van der Waals surface area contributed by atoms with E-state index in [0.717, 1.165) is 5.56 Å². The number of hydrogen-bond donors (Lipinski definition) is 1. The van der Waals surface area contributed by atoms with Crippen LogP contribution in [0.5, 0.6) is 0 Å². The van der Waals surface area contributed by atoms with E-state index in [0.29, 0.717) is 18.1 Å². The first-order valence-electron chi connectivity index (χ1n) is 7.03. The molecule has 120 valence electrons. The average molecular weight is 315 g/mol. The number of nitrogens with one attached hydrogen (secondary N) is 1. The normalized spacial score (nSPS) is 9.96. The number of methoxy groups -OCH3 is 1. The van der Waals surface area contributed by atoms with Crippen molar-refractivity contribution in [2.75, 3.05) is 19.0 Å². The highest BCUT2D eigenvalue weighted by Crippen LogP contribution is 2.07. The largest absolute Gasteiger partial charge is 0.465 e. The van der Waals surface area contributed by atoms with Crippen molar-refractivity contribution in [2.24, 2.45) is 0 Å². The third kappa shape index (κ3) is 5.39. The Balaban J connectivity index is 1.70.